The van der Waals surface area contributed by atoms with Gasteiger partial charge in [-0.2, -0.15) is 0 Å². The van der Waals surface area contributed by atoms with Crippen LogP contribution >= 0.6 is 0 Å². The Bertz CT molecular complexity index is 790. The lowest BCUT2D eigenvalue weighted by Gasteiger charge is -2.47. The molecule has 0 radical (unpaired) electrons. The zero-order valence-corrected chi connectivity index (χ0v) is 17.7. The number of fused-ring (bicyclic) bond motifs is 3. The molecular formula is C23H32O4. The van der Waals surface area contributed by atoms with Gasteiger partial charge in [0, 0.05) is 19.4 Å². The van der Waals surface area contributed by atoms with E-state index in [0.29, 0.717) is 11.7 Å². The Hall–Kier alpha value is -1.84. The van der Waals surface area contributed by atoms with Crippen molar-refractivity contribution in [3.63, 3.8) is 0 Å². The van der Waals surface area contributed by atoms with Crippen LogP contribution in [0.15, 0.2) is 12.1 Å². The number of hydrogen-bond donors (Lipinski definition) is 0. The molecule has 1 aromatic rings. The molecule has 2 aliphatic carbocycles. The van der Waals surface area contributed by atoms with Crippen LogP contribution in [0.4, 0.5) is 0 Å². The lowest BCUT2D eigenvalue weighted by Crippen LogP contribution is -2.42. The molecule has 2 atom stereocenters. The van der Waals surface area contributed by atoms with Crippen LogP contribution < -0.4 is 4.74 Å². The van der Waals surface area contributed by atoms with E-state index < -0.39 is 5.60 Å². The zero-order chi connectivity index (χ0) is 20.2. The van der Waals surface area contributed by atoms with Crippen molar-refractivity contribution in [3.05, 3.63) is 28.8 Å². The third-order valence-electron chi connectivity index (χ3n) is 6.81. The molecule has 0 bridgehead atoms. The fourth-order valence-electron chi connectivity index (χ4n) is 5.66. The normalized spacial score (nSPS) is 26.1. The van der Waals surface area contributed by atoms with E-state index >= 15 is 0 Å². The number of esters is 2. The summed E-state index contributed by atoms with van der Waals surface area (Å²) >= 11 is 0. The molecule has 0 aliphatic heterocycles. The molecule has 0 unspecified atom stereocenters. The molecule has 0 spiro atoms. The minimum Gasteiger partial charge on any atom is -0.455 e. The van der Waals surface area contributed by atoms with E-state index in [9.17, 15) is 9.59 Å². The predicted molar refractivity (Wildman–Crippen MR) is 105 cm³/mol. The molecular weight excluding hydrogens is 340 g/mol. The average molecular weight is 373 g/mol. The van der Waals surface area contributed by atoms with E-state index in [1.165, 1.54) is 32.3 Å². The van der Waals surface area contributed by atoms with Crippen molar-refractivity contribution in [3.8, 4) is 5.75 Å². The summed E-state index contributed by atoms with van der Waals surface area (Å²) in [5.41, 5.74) is 2.63. The summed E-state index contributed by atoms with van der Waals surface area (Å²) in [4.78, 5) is 23.5. The standard InChI is InChI=1S/C23H32O4/c1-14(24)26-20-16-13-19-21(3,4)11-8-12-23(19,7)17(16)9-10-18(20)22(5,6)27-15(2)25/h9-10,19H,8,11-13H2,1-7H3/t19-,23+/m0/s1. The second kappa shape index (κ2) is 6.35. The minimum atomic E-state index is -0.865. The summed E-state index contributed by atoms with van der Waals surface area (Å²) in [5, 5.41) is 0. The van der Waals surface area contributed by atoms with Gasteiger partial charge < -0.3 is 9.47 Å². The average Bonchev–Trinajstić information content (AvgIpc) is 2.80. The van der Waals surface area contributed by atoms with Crippen molar-refractivity contribution in [1.82, 2.24) is 0 Å². The summed E-state index contributed by atoms with van der Waals surface area (Å²) in [6, 6.07) is 4.15. The van der Waals surface area contributed by atoms with E-state index in [1.54, 1.807) is 0 Å². The molecule has 0 aromatic heterocycles. The van der Waals surface area contributed by atoms with Crippen molar-refractivity contribution in [2.75, 3.05) is 0 Å². The number of carbonyl (C=O) groups excluding carboxylic acids is 2. The zero-order valence-electron chi connectivity index (χ0n) is 17.7. The number of ether oxygens (including phenoxy) is 2. The third-order valence-corrected chi connectivity index (χ3v) is 6.81. The Balaban J connectivity index is 2.18. The molecule has 0 heterocycles. The first-order valence-electron chi connectivity index (χ1n) is 9.93. The molecule has 1 saturated carbocycles. The van der Waals surface area contributed by atoms with Crippen LogP contribution in [0.1, 0.15) is 84.4 Å². The summed E-state index contributed by atoms with van der Waals surface area (Å²) in [6.45, 7) is 13.6. The summed E-state index contributed by atoms with van der Waals surface area (Å²) in [6.07, 6.45) is 4.48. The Morgan fingerprint density at radius 1 is 1.07 bits per heavy atom. The monoisotopic (exact) mass is 372 g/mol. The summed E-state index contributed by atoms with van der Waals surface area (Å²) < 4.78 is 11.3. The first-order chi connectivity index (χ1) is 12.4. The van der Waals surface area contributed by atoms with Crippen molar-refractivity contribution in [2.24, 2.45) is 11.3 Å². The molecule has 148 valence electrons. The maximum atomic E-state index is 11.9. The Kier molecular flexibility index (Phi) is 4.69. The van der Waals surface area contributed by atoms with Gasteiger partial charge in [-0.15, -0.1) is 0 Å². The van der Waals surface area contributed by atoms with Crippen LogP contribution in [0.3, 0.4) is 0 Å². The highest BCUT2D eigenvalue weighted by Gasteiger charge is 2.53. The number of hydrogen-bond acceptors (Lipinski definition) is 4. The van der Waals surface area contributed by atoms with Crippen LogP contribution in [-0.4, -0.2) is 11.9 Å². The SMILES string of the molecule is CC(=O)Oc1c(C(C)(C)OC(C)=O)ccc2c1C[C@H]1C(C)(C)CCC[C@]21C. The number of carbonyl (C=O) groups is 2. The highest BCUT2D eigenvalue weighted by Crippen LogP contribution is 2.60. The molecule has 1 aromatic carbocycles. The van der Waals surface area contributed by atoms with Gasteiger partial charge in [0.15, 0.2) is 0 Å². The van der Waals surface area contributed by atoms with Crippen LogP contribution in [0.5, 0.6) is 5.75 Å². The minimum absolute atomic E-state index is 0.0933. The van der Waals surface area contributed by atoms with Gasteiger partial charge in [0.1, 0.15) is 11.4 Å². The fraction of sp³-hybridized carbons (Fsp3) is 0.652. The molecule has 1 fully saturated rings. The lowest BCUT2D eigenvalue weighted by atomic mass is 9.57. The molecule has 4 nitrogen and oxygen atoms in total. The molecule has 3 rings (SSSR count). The third kappa shape index (κ3) is 3.28. The van der Waals surface area contributed by atoms with Crippen LogP contribution in [0.25, 0.3) is 0 Å². The first-order valence-corrected chi connectivity index (χ1v) is 9.93. The Labute approximate surface area is 162 Å². The van der Waals surface area contributed by atoms with Gasteiger partial charge in [-0.3, -0.25) is 9.59 Å². The number of benzene rings is 1. The van der Waals surface area contributed by atoms with Crippen molar-refractivity contribution >= 4 is 11.9 Å². The van der Waals surface area contributed by atoms with Gasteiger partial charge in [-0.05, 0) is 61.0 Å². The summed E-state index contributed by atoms with van der Waals surface area (Å²) in [5.74, 6) is 0.409. The second-order valence-electron chi connectivity index (χ2n) is 9.68. The topological polar surface area (TPSA) is 52.6 Å². The molecule has 0 saturated heterocycles. The van der Waals surface area contributed by atoms with Crippen LogP contribution in [-0.2, 0) is 31.8 Å². The second-order valence-corrected chi connectivity index (χ2v) is 9.68. The van der Waals surface area contributed by atoms with Crippen LogP contribution in [0, 0.1) is 11.3 Å². The van der Waals surface area contributed by atoms with Crippen molar-refractivity contribution in [1.29, 1.82) is 0 Å². The predicted octanol–water partition coefficient (Wildman–Crippen LogP) is 5.05. The molecule has 27 heavy (non-hydrogen) atoms. The van der Waals surface area contributed by atoms with E-state index in [2.05, 4.69) is 26.8 Å². The Morgan fingerprint density at radius 2 is 1.74 bits per heavy atom. The van der Waals surface area contributed by atoms with Gasteiger partial charge in [0.2, 0.25) is 0 Å². The first kappa shape index (κ1) is 19.9. The van der Waals surface area contributed by atoms with Crippen molar-refractivity contribution < 1.29 is 19.1 Å². The van der Waals surface area contributed by atoms with Gasteiger partial charge in [0.25, 0.3) is 0 Å². The van der Waals surface area contributed by atoms with Crippen molar-refractivity contribution in [2.45, 2.75) is 85.2 Å². The molecule has 4 heteroatoms. The van der Waals surface area contributed by atoms with Crippen LogP contribution in [0.2, 0.25) is 0 Å². The number of rotatable bonds is 3. The summed E-state index contributed by atoms with van der Waals surface area (Å²) in [7, 11) is 0. The maximum Gasteiger partial charge on any atom is 0.308 e. The van der Waals surface area contributed by atoms with E-state index in [-0.39, 0.29) is 22.8 Å². The maximum absolute atomic E-state index is 11.9. The molecule has 0 amide bonds. The quantitative estimate of drug-likeness (QED) is 0.550. The van der Waals surface area contributed by atoms with E-state index in [0.717, 1.165) is 24.0 Å². The van der Waals surface area contributed by atoms with Gasteiger partial charge in [-0.1, -0.05) is 39.3 Å². The van der Waals surface area contributed by atoms with Gasteiger partial charge in [0.05, 0.1) is 0 Å². The smallest absolute Gasteiger partial charge is 0.308 e. The lowest BCUT2D eigenvalue weighted by molar-refractivity contribution is -0.154. The fourth-order valence-corrected chi connectivity index (χ4v) is 5.66. The highest BCUT2D eigenvalue weighted by atomic mass is 16.6. The molecule has 2 aliphatic rings. The van der Waals surface area contributed by atoms with E-state index in [4.69, 9.17) is 9.47 Å². The van der Waals surface area contributed by atoms with Gasteiger partial charge in [-0.25, -0.2) is 0 Å². The van der Waals surface area contributed by atoms with Gasteiger partial charge >= 0.3 is 11.9 Å². The highest BCUT2D eigenvalue weighted by molar-refractivity contribution is 5.72. The Morgan fingerprint density at radius 3 is 2.33 bits per heavy atom. The largest absolute Gasteiger partial charge is 0.455 e. The molecule has 0 N–H and O–H groups in total. The van der Waals surface area contributed by atoms with E-state index in [1.807, 2.05) is 19.9 Å².